The molecule has 3 rings (SSSR count). The van der Waals surface area contributed by atoms with Gasteiger partial charge in [-0.25, -0.2) is 4.98 Å². The van der Waals surface area contributed by atoms with E-state index in [-0.39, 0.29) is 31.9 Å². The molecule has 6 nitrogen and oxygen atoms in total. The number of amides is 1. The summed E-state index contributed by atoms with van der Waals surface area (Å²) >= 11 is 13.8. The van der Waals surface area contributed by atoms with Crippen LogP contribution in [0.2, 0.25) is 10.0 Å². The van der Waals surface area contributed by atoms with Gasteiger partial charge in [-0.1, -0.05) is 29.3 Å². The maximum atomic E-state index is 13.1. The Bertz CT molecular complexity index is 1090. The molecule has 9 heteroatoms. The monoisotopic (exact) mass is 480 g/mol. The maximum Gasteiger partial charge on any atom is 0.306 e. The number of rotatable bonds is 9. The second-order valence-corrected chi connectivity index (χ2v) is 8.43. The van der Waals surface area contributed by atoms with E-state index in [4.69, 9.17) is 32.7 Å². The predicted molar refractivity (Wildman–Crippen MR) is 124 cm³/mol. The number of halogens is 2. The Morgan fingerprint density at radius 2 is 1.90 bits per heavy atom. The fourth-order valence-corrected chi connectivity index (χ4v) is 4.37. The molecule has 0 fully saturated rings. The van der Waals surface area contributed by atoms with Crippen LogP contribution in [-0.4, -0.2) is 30.1 Å². The third-order valence-corrected chi connectivity index (χ3v) is 6.18. The fourth-order valence-electron chi connectivity index (χ4n) is 2.99. The van der Waals surface area contributed by atoms with Gasteiger partial charge in [-0.2, -0.15) is 0 Å². The topological polar surface area (TPSA) is 68.7 Å². The number of aromatic nitrogens is 1. The molecule has 0 radical (unpaired) electrons. The van der Waals surface area contributed by atoms with Crippen LogP contribution in [0.15, 0.2) is 36.4 Å². The number of hydrogen-bond donors (Lipinski definition) is 0. The summed E-state index contributed by atoms with van der Waals surface area (Å²) in [6, 6.07) is 10.8. The third-order valence-electron chi connectivity index (χ3n) is 4.38. The first-order valence-electron chi connectivity index (χ1n) is 9.85. The van der Waals surface area contributed by atoms with Crippen LogP contribution in [0.5, 0.6) is 5.75 Å². The zero-order valence-corrected chi connectivity index (χ0v) is 19.5. The molecule has 0 saturated heterocycles. The summed E-state index contributed by atoms with van der Waals surface area (Å²) in [4.78, 5) is 31.0. The lowest BCUT2D eigenvalue weighted by Crippen LogP contribution is -2.30. The third kappa shape index (κ3) is 5.87. The van der Waals surface area contributed by atoms with Gasteiger partial charge in [-0.3, -0.25) is 9.59 Å². The first-order valence-corrected chi connectivity index (χ1v) is 11.4. The van der Waals surface area contributed by atoms with Crippen molar-refractivity contribution in [2.24, 2.45) is 0 Å². The minimum absolute atomic E-state index is 0.00953. The number of anilines is 1. The lowest BCUT2D eigenvalue weighted by Gasteiger charge is -2.22. The number of thiazole rings is 1. The van der Waals surface area contributed by atoms with Crippen molar-refractivity contribution < 1.29 is 19.1 Å². The number of benzene rings is 2. The Hall–Kier alpha value is -2.35. The van der Waals surface area contributed by atoms with Crippen molar-refractivity contribution in [1.82, 2.24) is 4.98 Å². The van der Waals surface area contributed by atoms with Gasteiger partial charge in [0.05, 0.1) is 40.9 Å². The van der Waals surface area contributed by atoms with Gasteiger partial charge in [0.1, 0.15) is 16.3 Å². The molecule has 0 aliphatic rings. The molecule has 0 bridgehead atoms. The molecule has 0 atom stereocenters. The number of carbonyl (C=O) groups excluding carboxylic acids is 2. The minimum atomic E-state index is -0.403. The smallest absolute Gasteiger partial charge is 0.306 e. The molecule has 164 valence electrons. The molecule has 3 aromatic rings. The van der Waals surface area contributed by atoms with Gasteiger partial charge >= 0.3 is 5.97 Å². The molecular formula is C22H22Cl2N2O4S. The molecule has 1 amide bonds. The maximum absolute atomic E-state index is 13.1. The molecule has 0 unspecified atom stereocenters. The van der Waals surface area contributed by atoms with E-state index in [1.165, 1.54) is 11.3 Å². The summed E-state index contributed by atoms with van der Waals surface area (Å²) in [6.07, 6.45) is 0.0325. The van der Waals surface area contributed by atoms with E-state index in [2.05, 4.69) is 4.98 Å². The first-order chi connectivity index (χ1) is 14.9. The van der Waals surface area contributed by atoms with Gasteiger partial charge in [0.15, 0.2) is 0 Å². The molecule has 0 spiro atoms. The number of fused-ring (bicyclic) bond motifs is 1. The van der Waals surface area contributed by atoms with Crippen molar-refractivity contribution in [3.05, 3.63) is 51.5 Å². The van der Waals surface area contributed by atoms with Gasteiger partial charge in [-0.15, -0.1) is 11.3 Å². The summed E-state index contributed by atoms with van der Waals surface area (Å²) in [7, 11) is 0. The molecule has 0 aliphatic carbocycles. The summed E-state index contributed by atoms with van der Waals surface area (Å²) in [6.45, 7) is 4.64. The summed E-state index contributed by atoms with van der Waals surface area (Å²) in [5.74, 6) is 0.0349. The highest BCUT2D eigenvalue weighted by Gasteiger charge is 2.21. The quantitative estimate of drug-likeness (QED) is 0.357. The van der Waals surface area contributed by atoms with Crippen LogP contribution in [0, 0.1) is 0 Å². The second-order valence-electron chi connectivity index (χ2n) is 6.53. The molecule has 31 heavy (non-hydrogen) atoms. The van der Waals surface area contributed by atoms with Gasteiger partial charge in [0.25, 0.3) is 0 Å². The van der Waals surface area contributed by atoms with Crippen LogP contribution in [0.4, 0.5) is 5.69 Å². The van der Waals surface area contributed by atoms with Crippen molar-refractivity contribution in [1.29, 1.82) is 0 Å². The Kier molecular flexibility index (Phi) is 8.12. The van der Waals surface area contributed by atoms with Crippen molar-refractivity contribution in [2.45, 2.75) is 33.2 Å². The van der Waals surface area contributed by atoms with Gasteiger partial charge in [0, 0.05) is 18.2 Å². The fraction of sp³-hybridized carbons (Fsp3) is 0.318. The zero-order chi connectivity index (χ0) is 22.4. The highest BCUT2D eigenvalue weighted by molar-refractivity contribution is 7.18. The van der Waals surface area contributed by atoms with Crippen LogP contribution in [0.25, 0.3) is 10.2 Å². The van der Waals surface area contributed by atoms with Crippen molar-refractivity contribution in [3.8, 4) is 5.75 Å². The Labute approximate surface area is 194 Å². The lowest BCUT2D eigenvalue weighted by molar-refractivity contribution is -0.144. The van der Waals surface area contributed by atoms with Gasteiger partial charge in [-0.05, 0) is 38.1 Å². The van der Waals surface area contributed by atoms with Crippen LogP contribution < -0.4 is 9.64 Å². The molecule has 0 aliphatic heterocycles. The highest BCUT2D eigenvalue weighted by atomic mass is 35.5. The van der Waals surface area contributed by atoms with Crippen LogP contribution in [0.1, 0.15) is 31.7 Å². The van der Waals surface area contributed by atoms with E-state index in [1.54, 1.807) is 24.0 Å². The normalized spacial score (nSPS) is 10.8. The summed E-state index contributed by atoms with van der Waals surface area (Å²) < 4.78 is 11.4. The number of hydrogen-bond acceptors (Lipinski definition) is 6. The average molecular weight is 481 g/mol. The zero-order valence-electron chi connectivity index (χ0n) is 17.2. The second kappa shape index (κ2) is 10.8. The van der Waals surface area contributed by atoms with E-state index < -0.39 is 5.97 Å². The molecule has 0 N–H and O–H groups in total. The van der Waals surface area contributed by atoms with Gasteiger partial charge in [0.2, 0.25) is 5.91 Å². The Morgan fingerprint density at radius 1 is 1.10 bits per heavy atom. The van der Waals surface area contributed by atoms with E-state index >= 15 is 0 Å². The molecule has 0 saturated carbocycles. The van der Waals surface area contributed by atoms with Gasteiger partial charge < -0.3 is 14.4 Å². The molecular weight excluding hydrogens is 459 g/mol. The summed E-state index contributed by atoms with van der Waals surface area (Å²) in [5, 5.41) is 1.52. The average Bonchev–Trinajstić information content (AvgIpc) is 3.17. The molecule has 1 aromatic heterocycles. The van der Waals surface area contributed by atoms with Crippen molar-refractivity contribution in [2.75, 3.05) is 18.1 Å². The van der Waals surface area contributed by atoms with Crippen molar-refractivity contribution in [3.63, 3.8) is 0 Å². The SMILES string of the molecule is CCOC(=O)CCC(=O)N(Cc1nc2c(Cl)c(Cl)ccc2s1)c1cccc(OCC)c1. The van der Waals surface area contributed by atoms with E-state index in [9.17, 15) is 9.59 Å². The lowest BCUT2D eigenvalue weighted by atomic mass is 10.2. The Balaban J connectivity index is 1.90. The molecule has 1 heterocycles. The standard InChI is InChI=1S/C22H22Cl2N2O4S/c1-3-29-15-7-5-6-14(12-15)26(19(27)10-11-20(28)30-4-2)13-18-25-22-17(31-18)9-8-16(23)21(22)24/h5-9,12H,3-4,10-11,13H2,1-2H3. The highest BCUT2D eigenvalue weighted by Crippen LogP contribution is 2.34. The number of carbonyl (C=O) groups is 2. The summed E-state index contributed by atoms with van der Waals surface area (Å²) in [5.41, 5.74) is 1.26. The largest absolute Gasteiger partial charge is 0.494 e. The predicted octanol–water partition coefficient (Wildman–Crippen LogP) is 5.88. The van der Waals surface area contributed by atoms with E-state index in [0.717, 1.165) is 4.70 Å². The number of esters is 1. The van der Waals surface area contributed by atoms with E-state index in [0.29, 0.717) is 38.6 Å². The first kappa shape index (κ1) is 23.3. The Morgan fingerprint density at radius 3 is 2.65 bits per heavy atom. The van der Waals surface area contributed by atoms with E-state index in [1.807, 2.05) is 31.2 Å². The van der Waals surface area contributed by atoms with Crippen LogP contribution >= 0.6 is 34.5 Å². The number of nitrogens with zero attached hydrogens (tertiary/aromatic N) is 2. The molecule has 2 aromatic carbocycles. The number of ether oxygens (including phenoxy) is 2. The van der Waals surface area contributed by atoms with Crippen molar-refractivity contribution >= 4 is 62.3 Å². The van der Waals surface area contributed by atoms with Crippen LogP contribution in [-0.2, 0) is 20.9 Å². The minimum Gasteiger partial charge on any atom is -0.494 e. The van der Waals surface area contributed by atoms with Crippen LogP contribution in [0.3, 0.4) is 0 Å².